The first-order valence-electron chi connectivity index (χ1n) is 4.36. The van der Waals surface area contributed by atoms with Gasteiger partial charge in [-0.15, -0.1) is 12.4 Å². The molecule has 1 atom stereocenters. The quantitative estimate of drug-likeness (QED) is 0.627. The Morgan fingerprint density at radius 3 is 2.69 bits per heavy atom. The zero-order valence-corrected chi connectivity index (χ0v) is 9.11. The lowest BCUT2D eigenvalue weighted by Crippen LogP contribution is -2.14. The van der Waals surface area contributed by atoms with Crippen LogP contribution in [0.1, 0.15) is 18.0 Å². The van der Waals surface area contributed by atoms with E-state index in [0.717, 1.165) is 18.2 Å². The molecular weight excluding hydrogens is 239 g/mol. The molecule has 0 fully saturated rings. The van der Waals surface area contributed by atoms with Crippen LogP contribution >= 0.6 is 12.4 Å². The minimum atomic E-state index is -0.730. The predicted molar refractivity (Wildman–Crippen MR) is 58.9 cm³/mol. The number of nitrogens with zero attached hydrogens (tertiary/aromatic N) is 1. The second-order valence-electron chi connectivity index (χ2n) is 3.08. The Labute approximate surface area is 97.6 Å². The molecule has 0 aromatic heterocycles. The van der Waals surface area contributed by atoms with E-state index in [0.29, 0.717) is 0 Å². The van der Waals surface area contributed by atoms with Gasteiger partial charge < -0.3 is 10.8 Å². The van der Waals surface area contributed by atoms with Crippen LogP contribution in [0.2, 0.25) is 0 Å². The van der Waals surface area contributed by atoms with Gasteiger partial charge in [0.15, 0.2) is 0 Å². The smallest absolute Gasteiger partial charge is 0.274 e. The second kappa shape index (κ2) is 6.37. The normalized spacial score (nSPS) is 11.7. The van der Waals surface area contributed by atoms with Gasteiger partial charge in [-0.2, -0.15) is 0 Å². The van der Waals surface area contributed by atoms with Gasteiger partial charge in [0.1, 0.15) is 5.82 Å². The summed E-state index contributed by atoms with van der Waals surface area (Å²) in [5.41, 5.74) is 5.46. The van der Waals surface area contributed by atoms with Crippen molar-refractivity contribution in [3.63, 3.8) is 0 Å². The Hall–Kier alpha value is -1.24. The maximum absolute atomic E-state index is 12.9. The Balaban J connectivity index is 0.00000225. The molecule has 0 aliphatic carbocycles. The molecule has 5 nitrogen and oxygen atoms in total. The number of aliphatic hydroxyl groups excluding tert-OH is 1. The van der Waals surface area contributed by atoms with Crippen LogP contribution in [0.15, 0.2) is 18.2 Å². The lowest BCUT2D eigenvalue weighted by Gasteiger charge is -2.10. The van der Waals surface area contributed by atoms with E-state index in [1.807, 2.05) is 0 Å². The average Bonchev–Trinajstić information content (AvgIpc) is 2.17. The van der Waals surface area contributed by atoms with Crippen molar-refractivity contribution in [2.24, 2.45) is 5.73 Å². The molecule has 0 amide bonds. The summed E-state index contributed by atoms with van der Waals surface area (Å²) >= 11 is 0. The highest BCUT2D eigenvalue weighted by Gasteiger charge is 2.19. The van der Waals surface area contributed by atoms with Gasteiger partial charge in [0, 0.05) is 24.3 Å². The van der Waals surface area contributed by atoms with E-state index in [-0.39, 0.29) is 36.7 Å². The summed E-state index contributed by atoms with van der Waals surface area (Å²) < 4.78 is 12.9. The number of halogens is 2. The van der Waals surface area contributed by atoms with Crippen LogP contribution in [0.3, 0.4) is 0 Å². The lowest BCUT2D eigenvalue weighted by molar-refractivity contribution is -0.385. The molecule has 7 heteroatoms. The largest absolute Gasteiger partial charge is 0.396 e. The number of hydrogen-bond donors (Lipinski definition) is 2. The van der Waals surface area contributed by atoms with Crippen LogP contribution in [-0.4, -0.2) is 16.6 Å². The molecule has 1 aromatic rings. The van der Waals surface area contributed by atoms with E-state index >= 15 is 0 Å². The highest BCUT2D eigenvalue weighted by molar-refractivity contribution is 5.85. The molecule has 0 radical (unpaired) electrons. The third-order valence-electron chi connectivity index (χ3n) is 2.03. The third-order valence-corrected chi connectivity index (χ3v) is 2.03. The fraction of sp³-hybridized carbons (Fsp3) is 0.333. The molecule has 0 aliphatic heterocycles. The van der Waals surface area contributed by atoms with E-state index in [2.05, 4.69) is 0 Å². The van der Waals surface area contributed by atoms with Crippen molar-refractivity contribution in [2.75, 3.05) is 6.61 Å². The van der Waals surface area contributed by atoms with Crippen LogP contribution in [0.5, 0.6) is 0 Å². The van der Waals surface area contributed by atoms with Crippen molar-refractivity contribution in [3.8, 4) is 0 Å². The summed E-state index contributed by atoms with van der Waals surface area (Å²) in [6.07, 6.45) is 0.157. The zero-order chi connectivity index (χ0) is 11.4. The van der Waals surface area contributed by atoms with Gasteiger partial charge in [-0.1, -0.05) is 0 Å². The van der Waals surface area contributed by atoms with Crippen molar-refractivity contribution in [2.45, 2.75) is 12.5 Å². The molecule has 0 bridgehead atoms. The summed E-state index contributed by atoms with van der Waals surface area (Å²) in [6, 6.07) is 2.37. The van der Waals surface area contributed by atoms with Crippen LogP contribution in [0.4, 0.5) is 10.1 Å². The summed E-state index contributed by atoms with van der Waals surface area (Å²) in [4.78, 5) is 9.99. The van der Waals surface area contributed by atoms with Crippen molar-refractivity contribution in [3.05, 3.63) is 39.7 Å². The summed E-state index contributed by atoms with van der Waals surface area (Å²) in [7, 11) is 0. The number of nitro groups is 1. The van der Waals surface area contributed by atoms with Gasteiger partial charge in [0.2, 0.25) is 0 Å². The molecule has 1 aromatic carbocycles. The fourth-order valence-electron chi connectivity index (χ4n) is 1.28. The maximum Gasteiger partial charge on any atom is 0.274 e. The summed E-state index contributed by atoms with van der Waals surface area (Å²) in [5.74, 6) is -0.580. The standard InChI is InChI=1S/C9H11FN2O3.ClH/c10-6-1-2-9(12(14)15)7(5-6)8(11)3-4-13;/h1-2,5,8,13H,3-4,11H2;1H/t8-;/m1./s1. The van der Waals surface area contributed by atoms with Crippen molar-refractivity contribution < 1.29 is 14.4 Å². The second-order valence-corrected chi connectivity index (χ2v) is 3.08. The third kappa shape index (κ3) is 3.41. The molecule has 0 aliphatic rings. The van der Waals surface area contributed by atoms with Crippen molar-refractivity contribution >= 4 is 18.1 Å². The number of nitro benzene ring substituents is 1. The zero-order valence-electron chi connectivity index (χ0n) is 8.30. The SMILES string of the molecule is Cl.N[C@H](CCO)c1cc(F)ccc1[N+](=O)[O-]. The average molecular weight is 251 g/mol. The van der Waals surface area contributed by atoms with Crippen LogP contribution in [-0.2, 0) is 0 Å². The Kier molecular flexibility index (Phi) is 5.87. The van der Waals surface area contributed by atoms with Gasteiger partial charge in [-0.3, -0.25) is 10.1 Å². The Bertz CT molecular complexity index is 376. The molecule has 16 heavy (non-hydrogen) atoms. The predicted octanol–water partition coefficient (Wildman–Crippen LogP) is 1.54. The number of rotatable bonds is 4. The minimum Gasteiger partial charge on any atom is -0.396 e. The van der Waals surface area contributed by atoms with Crippen LogP contribution < -0.4 is 5.73 Å². The number of aliphatic hydroxyl groups is 1. The number of benzene rings is 1. The highest BCUT2D eigenvalue weighted by Crippen LogP contribution is 2.26. The maximum atomic E-state index is 12.9. The van der Waals surface area contributed by atoms with Gasteiger partial charge in [0.05, 0.1) is 4.92 Å². The molecule has 0 heterocycles. The lowest BCUT2D eigenvalue weighted by atomic mass is 10.0. The molecule has 1 rings (SSSR count). The molecule has 0 unspecified atom stereocenters. The molecule has 0 spiro atoms. The topological polar surface area (TPSA) is 89.4 Å². The molecule has 0 saturated carbocycles. The van der Waals surface area contributed by atoms with E-state index in [1.54, 1.807) is 0 Å². The van der Waals surface area contributed by atoms with E-state index in [4.69, 9.17) is 10.8 Å². The number of hydrogen-bond acceptors (Lipinski definition) is 4. The first-order valence-corrected chi connectivity index (χ1v) is 4.36. The molecule has 90 valence electrons. The summed E-state index contributed by atoms with van der Waals surface area (Å²) in [5, 5.41) is 19.3. The van der Waals surface area contributed by atoms with Crippen LogP contribution in [0, 0.1) is 15.9 Å². The number of nitrogens with two attached hydrogens (primary N) is 1. The van der Waals surface area contributed by atoms with Crippen LogP contribution in [0.25, 0.3) is 0 Å². The Morgan fingerprint density at radius 1 is 1.56 bits per heavy atom. The molecule has 3 N–H and O–H groups in total. The van der Waals surface area contributed by atoms with Gasteiger partial charge >= 0.3 is 0 Å². The van der Waals surface area contributed by atoms with E-state index in [9.17, 15) is 14.5 Å². The Morgan fingerprint density at radius 2 is 2.19 bits per heavy atom. The van der Waals surface area contributed by atoms with Crippen molar-refractivity contribution in [1.29, 1.82) is 0 Å². The minimum absolute atomic E-state index is 0. The summed E-state index contributed by atoms with van der Waals surface area (Å²) in [6.45, 7) is -0.200. The van der Waals surface area contributed by atoms with E-state index in [1.165, 1.54) is 0 Å². The first-order chi connectivity index (χ1) is 7.06. The van der Waals surface area contributed by atoms with Crippen molar-refractivity contribution in [1.82, 2.24) is 0 Å². The van der Waals surface area contributed by atoms with E-state index < -0.39 is 16.8 Å². The van der Waals surface area contributed by atoms with Gasteiger partial charge in [-0.05, 0) is 18.6 Å². The fourth-order valence-corrected chi connectivity index (χ4v) is 1.28. The first kappa shape index (κ1) is 14.8. The monoisotopic (exact) mass is 250 g/mol. The van der Waals surface area contributed by atoms with Gasteiger partial charge in [0.25, 0.3) is 5.69 Å². The molecular formula is C9H12ClFN2O3. The molecule has 0 saturated heterocycles. The highest BCUT2D eigenvalue weighted by atomic mass is 35.5. The van der Waals surface area contributed by atoms with Gasteiger partial charge in [-0.25, -0.2) is 4.39 Å².